The second-order valence-corrected chi connectivity index (χ2v) is 9.18. The van der Waals surface area contributed by atoms with Crippen molar-refractivity contribution in [1.29, 1.82) is 0 Å². The highest BCUT2D eigenvalue weighted by molar-refractivity contribution is 9.10. The zero-order chi connectivity index (χ0) is 18.7. The summed E-state index contributed by atoms with van der Waals surface area (Å²) in [6, 6.07) is 11.9. The first-order chi connectivity index (χ1) is 12.3. The van der Waals surface area contributed by atoms with E-state index in [0.29, 0.717) is 22.5 Å². The van der Waals surface area contributed by atoms with Crippen LogP contribution in [-0.2, 0) is 16.4 Å². The van der Waals surface area contributed by atoms with Crippen molar-refractivity contribution in [2.24, 2.45) is 0 Å². The summed E-state index contributed by atoms with van der Waals surface area (Å²) in [4.78, 5) is 12.5. The molecular formula is C18H18BrClN2O3S. The van der Waals surface area contributed by atoms with Gasteiger partial charge >= 0.3 is 0 Å². The number of hydrogen-bond donors (Lipinski definition) is 2. The maximum atomic E-state index is 12.5. The standard InChI is InChI=1S/C18H18BrClN2O3S/c19-17-7-6-15(26(24,25)22-14-4-5-14)11-16(17)18(23)21-9-8-12-2-1-3-13(20)10-12/h1-3,6-7,10-11,14,22H,4-5,8-9H2,(H,21,23). The van der Waals surface area contributed by atoms with Gasteiger partial charge in [0.05, 0.1) is 10.5 Å². The second-order valence-electron chi connectivity index (χ2n) is 6.17. The van der Waals surface area contributed by atoms with Gasteiger partial charge in [-0.2, -0.15) is 0 Å². The number of halogens is 2. The lowest BCUT2D eigenvalue weighted by Gasteiger charge is -2.10. The Morgan fingerprint density at radius 1 is 1.19 bits per heavy atom. The van der Waals surface area contributed by atoms with Crippen molar-refractivity contribution in [3.8, 4) is 0 Å². The Labute approximate surface area is 166 Å². The fourth-order valence-electron chi connectivity index (χ4n) is 2.44. The summed E-state index contributed by atoms with van der Waals surface area (Å²) in [5, 5.41) is 3.46. The van der Waals surface area contributed by atoms with Crippen molar-refractivity contribution in [2.75, 3.05) is 6.54 Å². The van der Waals surface area contributed by atoms with Crippen LogP contribution in [0.2, 0.25) is 5.02 Å². The molecule has 0 heterocycles. The van der Waals surface area contributed by atoms with Gasteiger partial charge in [0.25, 0.3) is 5.91 Å². The summed E-state index contributed by atoms with van der Waals surface area (Å²) in [5.74, 6) is -0.331. The third kappa shape index (κ3) is 5.07. The van der Waals surface area contributed by atoms with Gasteiger partial charge in [0.2, 0.25) is 10.0 Å². The fourth-order valence-corrected chi connectivity index (χ4v) is 4.41. The number of amides is 1. The number of benzene rings is 2. The summed E-state index contributed by atoms with van der Waals surface area (Å²) in [5.41, 5.74) is 1.30. The van der Waals surface area contributed by atoms with Crippen LogP contribution in [0.3, 0.4) is 0 Å². The van der Waals surface area contributed by atoms with Crippen molar-refractivity contribution in [3.63, 3.8) is 0 Å². The Morgan fingerprint density at radius 3 is 2.65 bits per heavy atom. The average molecular weight is 458 g/mol. The first-order valence-electron chi connectivity index (χ1n) is 8.20. The molecule has 3 rings (SSSR count). The molecule has 0 aromatic heterocycles. The van der Waals surface area contributed by atoms with Gasteiger partial charge in [-0.25, -0.2) is 13.1 Å². The van der Waals surface area contributed by atoms with E-state index in [1.807, 2.05) is 18.2 Å². The smallest absolute Gasteiger partial charge is 0.252 e. The molecule has 0 unspecified atom stereocenters. The summed E-state index contributed by atoms with van der Waals surface area (Å²) in [6.07, 6.45) is 2.34. The van der Waals surface area contributed by atoms with Gasteiger partial charge in [-0.15, -0.1) is 0 Å². The van der Waals surface area contributed by atoms with E-state index in [-0.39, 0.29) is 22.4 Å². The van der Waals surface area contributed by atoms with E-state index in [0.717, 1.165) is 18.4 Å². The van der Waals surface area contributed by atoms with Gasteiger partial charge in [-0.05, 0) is 71.1 Å². The van der Waals surface area contributed by atoms with E-state index in [1.165, 1.54) is 12.1 Å². The average Bonchev–Trinajstić information content (AvgIpc) is 3.38. The minimum absolute atomic E-state index is 0.0126. The molecular weight excluding hydrogens is 440 g/mol. The fraction of sp³-hybridized carbons (Fsp3) is 0.278. The second kappa shape index (κ2) is 8.08. The molecule has 8 heteroatoms. The van der Waals surface area contributed by atoms with Crippen LogP contribution >= 0.6 is 27.5 Å². The van der Waals surface area contributed by atoms with Crippen LogP contribution in [0.25, 0.3) is 0 Å². The predicted molar refractivity (Wildman–Crippen MR) is 105 cm³/mol. The van der Waals surface area contributed by atoms with Gasteiger partial charge in [-0.3, -0.25) is 4.79 Å². The number of carbonyl (C=O) groups excluding carboxylic acids is 1. The molecule has 1 aliphatic rings. The maximum Gasteiger partial charge on any atom is 0.252 e. The molecule has 1 amide bonds. The molecule has 2 aromatic rings. The molecule has 2 N–H and O–H groups in total. The summed E-state index contributed by atoms with van der Waals surface area (Å²) < 4.78 is 27.8. The number of hydrogen-bond acceptors (Lipinski definition) is 3. The molecule has 1 aliphatic carbocycles. The Kier molecular flexibility index (Phi) is 6.02. The van der Waals surface area contributed by atoms with Crippen molar-refractivity contribution < 1.29 is 13.2 Å². The Hall–Kier alpha value is -1.41. The summed E-state index contributed by atoms with van der Waals surface area (Å²) in [6.45, 7) is 0.420. The minimum atomic E-state index is -3.60. The van der Waals surface area contributed by atoms with Gasteiger partial charge in [-0.1, -0.05) is 23.7 Å². The normalized spacial score (nSPS) is 14.2. The van der Waals surface area contributed by atoms with Crippen molar-refractivity contribution in [2.45, 2.75) is 30.2 Å². The lowest BCUT2D eigenvalue weighted by molar-refractivity contribution is 0.0953. The van der Waals surface area contributed by atoms with Crippen molar-refractivity contribution >= 4 is 43.5 Å². The molecule has 1 saturated carbocycles. The SMILES string of the molecule is O=C(NCCc1cccc(Cl)c1)c1cc(S(=O)(=O)NC2CC2)ccc1Br. The summed E-state index contributed by atoms with van der Waals surface area (Å²) in [7, 11) is -3.60. The Balaban J connectivity index is 1.67. The van der Waals surface area contributed by atoms with Crippen LogP contribution in [0.1, 0.15) is 28.8 Å². The monoisotopic (exact) mass is 456 g/mol. The largest absolute Gasteiger partial charge is 0.352 e. The molecule has 0 atom stereocenters. The molecule has 1 fully saturated rings. The highest BCUT2D eigenvalue weighted by Crippen LogP contribution is 2.25. The van der Waals surface area contributed by atoms with Crippen LogP contribution in [-0.4, -0.2) is 26.9 Å². The van der Waals surface area contributed by atoms with E-state index < -0.39 is 10.0 Å². The van der Waals surface area contributed by atoms with E-state index >= 15 is 0 Å². The molecule has 0 bridgehead atoms. The highest BCUT2D eigenvalue weighted by atomic mass is 79.9. The lowest BCUT2D eigenvalue weighted by atomic mass is 10.1. The number of sulfonamides is 1. The quantitative estimate of drug-likeness (QED) is 0.668. The zero-order valence-electron chi connectivity index (χ0n) is 13.8. The highest BCUT2D eigenvalue weighted by Gasteiger charge is 2.28. The Morgan fingerprint density at radius 2 is 1.96 bits per heavy atom. The van der Waals surface area contributed by atoms with E-state index in [2.05, 4.69) is 26.0 Å². The molecule has 0 spiro atoms. The Bertz CT molecular complexity index is 930. The predicted octanol–water partition coefficient (Wildman–Crippen LogP) is 3.52. The number of nitrogens with one attached hydrogen (secondary N) is 2. The molecule has 2 aromatic carbocycles. The summed E-state index contributed by atoms with van der Waals surface area (Å²) >= 11 is 9.26. The van der Waals surface area contributed by atoms with E-state index in [4.69, 9.17) is 11.6 Å². The number of rotatable bonds is 7. The van der Waals surface area contributed by atoms with E-state index in [1.54, 1.807) is 12.1 Å². The van der Waals surface area contributed by atoms with Gasteiger partial charge in [0, 0.05) is 22.1 Å². The number of carbonyl (C=O) groups is 1. The van der Waals surface area contributed by atoms with Crippen LogP contribution in [0.5, 0.6) is 0 Å². The van der Waals surface area contributed by atoms with Crippen molar-refractivity contribution in [1.82, 2.24) is 10.0 Å². The zero-order valence-corrected chi connectivity index (χ0v) is 17.0. The topological polar surface area (TPSA) is 75.3 Å². The van der Waals surface area contributed by atoms with Crippen LogP contribution in [0, 0.1) is 0 Å². The van der Waals surface area contributed by atoms with Crippen LogP contribution in [0.4, 0.5) is 0 Å². The molecule has 138 valence electrons. The van der Waals surface area contributed by atoms with Crippen molar-refractivity contribution in [3.05, 3.63) is 63.1 Å². The van der Waals surface area contributed by atoms with Crippen LogP contribution in [0.15, 0.2) is 51.8 Å². The molecule has 5 nitrogen and oxygen atoms in total. The molecule has 0 radical (unpaired) electrons. The van der Waals surface area contributed by atoms with Crippen LogP contribution < -0.4 is 10.0 Å². The lowest BCUT2D eigenvalue weighted by Crippen LogP contribution is -2.28. The third-order valence-electron chi connectivity index (χ3n) is 3.98. The first kappa shape index (κ1) is 19.4. The van der Waals surface area contributed by atoms with Gasteiger partial charge in [0.1, 0.15) is 0 Å². The maximum absolute atomic E-state index is 12.5. The van der Waals surface area contributed by atoms with E-state index in [9.17, 15) is 13.2 Å². The first-order valence-corrected chi connectivity index (χ1v) is 10.8. The molecule has 0 aliphatic heterocycles. The van der Waals surface area contributed by atoms with Gasteiger partial charge < -0.3 is 5.32 Å². The minimum Gasteiger partial charge on any atom is -0.352 e. The third-order valence-corrected chi connectivity index (χ3v) is 6.42. The molecule has 0 saturated heterocycles. The van der Waals surface area contributed by atoms with Gasteiger partial charge in [0.15, 0.2) is 0 Å². The molecule has 26 heavy (non-hydrogen) atoms.